The average molecular weight is 214 g/mol. The monoisotopic (exact) mass is 214 g/mol. The van der Waals surface area contributed by atoms with Gasteiger partial charge >= 0.3 is 0 Å². The van der Waals surface area contributed by atoms with Crippen LogP contribution in [0.2, 0.25) is 0 Å². The first-order chi connectivity index (χ1) is 7.66. The van der Waals surface area contributed by atoms with E-state index in [2.05, 4.69) is 15.0 Å². The minimum atomic E-state index is -0.263. The molecule has 0 aliphatic heterocycles. The zero-order valence-electron chi connectivity index (χ0n) is 9.38. The number of nitrogens with two attached hydrogens (primary N) is 1. The molecule has 0 aliphatic carbocycles. The summed E-state index contributed by atoms with van der Waals surface area (Å²) in [4.78, 5) is 12.6. The number of pyridine rings is 1. The van der Waals surface area contributed by atoms with Gasteiger partial charge in [0.05, 0.1) is 23.6 Å². The third kappa shape index (κ3) is 2.23. The van der Waals surface area contributed by atoms with Crippen LogP contribution in [0.25, 0.3) is 0 Å². The lowest BCUT2D eigenvalue weighted by molar-refractivity contribution is 0.806. The molecule has 2 rings (SSSR count). The molecule has 16 heavy (non-hydrogen) atoms. The second-order valence-electron chi connectivity index (χ2n) is 3.86. The molecule has 4 heteroatoms. The van der Waals surface area contributed by atoms with Crippen molar-refractivity contribution in [2.75, 3.05) is 0 Å². The predicted octanol–water partition coefficient (Wildman–Crippen LogP) is 1.54. The molecule has 82 valence electrons. The molecule has 0 aliphatic rings. The van der Waals surface area contributed by atoms with Gasteiger partial charge in [0, 0.05) is 18.6 Å². The summed E-state index contributed by atoms with van der Waals surface area (Å²) >= 11 is 0. The smallest absolute Gasteiger partial charge is 0.0800 e. The summed E-state index contributed by atoms with van der Waals surface area (Å²) in [6, 6.07) is 1.75. The molecule has 4 nitrogen and oxygen atoms in total. The highest BCUT2D eigenvalue weighted by Gasteiger charge is 2.10. The van der Waals surface area contributed by atoms with Gasteiger partial charge in [-0.25, -0.2) is 0 Å². The van der Waals surface area contributed by atoms with Crippen LogP contribution in [-0.2, 0) is 0 Å². The van der Waals surface area contributed by atoms with E-state index in [0.29, 0.717) is 0 Å². The highest BCUT2D eigenvalue weighted by atomic mass is 14.8. The largest absolute Gasteiger partial charge is 0.319 e. The van der Waals surface area contributed by atoms with Gasteiger partial charge in [0.1, 0.15) is 0 Å². The van der Waals surface area contributed by atoms with Crippen LogP contribution in [0, 0.1) is 13.8 Å². The van der Waals surface area contributed by atoms with E-state index in [4.69, 9.17) is 5.73 Å². The summed E-state index contributed by atoms with van der Waals surface area (Å²) < 4.78 is 0. The molecule has 0 aromatic carbocycles. The predicted molar refractivity (Wildman–Crippen MR) is 61.8 cm³/mol. The zero-order valence-corrected chi connectivity index (χ0v) is 9.38. The van der Waals surface area contributed by atoms with Gasteiger partial charge in [-0.05, 0) is 25.0 Å². The molecule has 1 unspecified atom stereocenters. The van der Waals surface area contributed by atoms with Gasteiger partial charge in [-0.15, -0.1) is 0 Å². The van der Waals surface area contributed by atoms with Gasteiger partial charge in [-0.1, -0.05) is 6.07 Å². The average Bonchev–Trinajstić information content (AvgIpc) is 2.29. The van der Waals surface area contributed by atoms with Crippen LogP contribution in [0.4, 0.5) is 0 Å². The van der Waals surface area contributed by atoms with Gasteiger partial charge < -0.3 is 5.73 Å². The molecule has 0 saturated carbocycles. The first kappa shape index (κ1) is 10.7. The van der Waals surface area contributed by atoms with Crippen LogP contribution in [0.3, 0.4) is 0 Å². The van der Waals surface area contributed by atoms with E-state index >= 15 is 0 Å². The Bertz CT molecular complexity index is 479. The lowest BCUT2D eigenvalue weighted by atomic mass is 10.1. The minimum Gasteiger partial charge on any atom is -0.319 e. The third-order valence-corrected chi connectivity index (χ3v) is 2.37. The van der Waals surface area contributed by atoms with Crippen molar-refractivity contribution in [2.45, 2.75) is 19.9 Å². The SMILES string of the molecule is Cc1cncc(C(N)c2cnc(C)cn2)c1. The van der Waals surface area contributed by atoms with Crippen molar-refractivity contribution >= 4 is 0 Å². The topological polar surface area (TPSA) is 64.7 Å². The molecule has 1 atom stereocenters. The molecule has 0 bridgehead atoms. The van der Waals surface area contributed by atoms with E-state index in [1.54, 1.807) is 24.8 Å². The molecule has 2 aromatic heterocycles. The fourth-order valence-electron chi connectivity index (χ4n) is 1.48. The Morgan fingerprint density at radius 2 is 1.88 bits per heavy atom. The molecule has 0 saturated heterocycles. The number of hydrogen-bond donors (Lipinski definition) is 1. The maximum Gasteiger partial charge on any atom is 0.0800 e. The molecule has 0 fully saturated rings. The fourth-order valence-corrected chi connectivity index (χ4v) is 1.48. The van der Waals surface area contributed by atoms with E-state index in [-0.39, 0.29) is 6.04 Å². The summed E-state index contributed by atoms with van der Waals surface area (Å²) in [7, 11) is 0. The maximum atomic E-state index is 6.09. The van der Waals surface area contributed by atoms with Gasteiger partial charge in [0.25, 0.3) is 0 Å². The van der Waals surface area contributed by atoms with E-state index in [1.807, 2.05) is 19.9 Å². The van der Waals surface area contributed by atoms with Crippen molar-refractivity contribution in [1.82, 2.24) is 15.0 Å². The Hall–Kier alpha value is -1.81. The van der Waals surface area contributed by atoms with Gasteiger partial charge in [-0.3, -0.25) is 15.0 Å². The molecule has 0 spiro atoms. The summed E-state index contributed by atoms with van der Waals surface area (Å²) in [6.45, 7) is 3.89. The zero-order chi connectivity index (χ0) is 11.5. The van der Waals surface area contributed by atoms with Crippen molar-refractivity contribution in [3.63, 3.8) is 0 Å². The minimum absolute atomic E-state index is 0.263. The molecule has 2 N–H and O–H groups in total. The van der Waals surface area contributed by atoms with Crippen LogP contribution in [0.1, 0.15) is 28.6 Å². The first-order valence-corrected chi connectivity index (χ1v) is 5.12. The number of aromatic nitrogens is 3. The normalized spacial score (nSPS) is 12.4. The Kier molecular flexibility index (Phi) is 2.92. The second kappa shape index (κ2) is 4.37. The Morgan fingerprint density at radius 1 is 1.06 bits per heavy atom. The lowest BCUT2D eigenvalue weighted by Crippen LogP contribution is -2.14. The summed E-state index contributed by atoms with van der Waals surface area (Å²) in [5.41, 5.74) is 9.79. The van der Waals surface area contributed by atoms with E-state index in [9.17, 15) is 0 Å². The molecular formula is C12H14N4. The van der Waals surface area contributed by atoms with Crippen LogP contribution >= 0.6 is 0 Å². The Labute approximate surface area is 94.6 Å². The van der Waals surface area contributed by atoms with Crippen molar-refractivity contribution in [1.29, 1.82) is 0 Å². The van der Waals surface area contributed by atoms with Crippen LogP contribution in [-0.4, -0.2) is 15.0 Å². The number of rotatable bonds is 2. The number of nitrogens with zero attached hydrogens (tertiary/aromatic N) is 3. The summed E-state index contributed by atoms with van der Waals surface area (Å²) in [5, 5.41) is 0. The number of aryl methyl sites for hydroxylation is 2. The highest BCUT2D eigenvalue weighted by Crippen LogP contribution is 2.16. The van der Waals surface area contributed by atoms with E-state index < -0.39 is 0 Å². The van der Waals surface area contributed by atoms with Gasteiger partial charge in [-0.2, -0.15) is 0 Å². The molecule has 2 aromatic rings. The molecule has 0 radical (unpaired) electrons. The van der Waals surface area contributed by atoms with Gasteiger partial charge in [0.2, 0.25) is 0 Å². The molecule has 0 amide bonds. The van der Waals surface area contributed by atoms with E-state index in [0.717, 1.165) is 22.5 Å². The van der Waals surface area contributed by atoms with Crippen molar-refractivity contribution in [3.05, 3.63) is 53.4 Å². The maximum absolute atomic E-state index is 6.09. The molecule has 2 heterocycles. The van der Waals surface area contributed by atoms with Crippen LogP contribution < -0.4 is 5.73 Å². The first-order valence-electron chi connectivity index (χ1n) is 5.12. The molecular weight excluding hydrogens is 200 g/mol. The Morgan fingerprint density at radius 3 is 2.50 bits per heavy atom. The van der Waals surface area contributed by atoms with Crippen molar-refractivity contribution < 1.29 is 0 Å². The quantitative estimate of drug-likeness (QED) is 0.823. The Balaban J connectivity index is 2.31. The van der Waals surface area contributed by atoms with Crippen molar-refractivity contribution in [3.8, 4) is 0 Å². The van der Waals surface area contributed by atoms with Crippen LogP contribution in [0.5, 0.6) is 0 Å². The summed E-state index contributed by atoms with van der Waals surface area (Å²) in [6.07, 6.45) is 7.00. The van der Waals surface area contributed by atoms with E-state index in [1.165, 1.54) is 0 Å². The fraction of sp³-hybridized carbons (Fsp3) is 0.250. The highest BCUT2D eigenvalue weighted by molar-refractivity contribution is 5.26. The third-order valence-electron chi connectivity index (χ3n) is 2.37. The standard InChI is InChI=1S/C12H14N4/c1-8-3-10(6-14-4-8)12(13)11-7-15-9(2)5-16-11/h3-7,12H,13H2,1-2H3. The van der Waals surface area contributed by atoms with Gasteiger partial charge in [0.15, 0.2) is 0 Å². The second-order valence-corrected chi connectivity index (χ2v) is 3.86. The lowest BCUT2D eigenvalue weighted by Gasteiger charge is -2.11. The van der Waals surface area contributed by atoms with Crippen LogP contribution in [0.15, 0.2) is 30.9 Å². The summed E-state index contributed by atoms with van der Waals surface area (Å²) in [5.74, 6) is 0. The number of hydrogen-bond acceptors (Lipinski definition) is 4. The van der Waals surface area contributed by atoms with Crippen molar-refractivity contribution in [2.24, 2.45) is 5.73 Å².